The van der Waals surface area contributed by atoms with Crippen LogP contribution >= 0.6 is 0 Å². The number of carbonyl (C=O) groups excluding carboxylic acids is 2. The summed E-state index contributed by atoms with van der Waals surface area (Å²) in [6.45, 7) is 3.37. The fourth-order valence-corrected chi connectivity index (χ4v) is 2.71. The van der Waals surface area contributed by atoms with Gasteiger partial charge in [-0.1, -0.05) is 12.1 Å². The van der Waals surface area contributed by atoms with Crippen LogP contribution in [-0.4, -0.2) is 33.8 Å². The predicted octanol–water partition coefficient (Wildman–Crippen LogP) is 4.25. The molecule has 3 rings (SSSR count). The van der Waals surface area contributed by atoms with Crippen LogP contribution in [0, 0.1) is 12.8 Å². The lowest BCUT2D eigenvalue weighted by Crippen LogP contribution is -2.42. The average molecular weight is 454 g/mol. The molecule has 0 aliphatic heterocycles. The van der Waals surface area contributed by atoms with Crippen molar-refractivity contribution in [2.45, 2.75) is 51.7 Å². The number of aryl methyl sites for hydroxylation is 1. The van der Waals surface area contributed by atoms with Crippen LogP contribution in [-0.2, 0) is 4.79 Å². The van der Waals surface area contributed by atoms with Crippen molar-refractivity contribution in [3.63, 3.8) is 0 Å². The van der Waals surface area contributed by atoms with Crippen molar-refractivity contribution in [2.75, 3.05) is 5.32 Å². The Bertz CT molecular complexity index is 1010. The molecule has 2 aromatic rings. The molecule has 7 nitrogen and oxygen atoms in total. The van der Waals surface area contributed by atoms with Gasteiger partial charge >= 0.3 is 12.0 Å². The number of hydrogen-bond donors (Lipinski definition) is 2. The smallest absolute Gasteiger partial charge is 0.428 e. The minimum Gasteiger partial charge on any atom is -0.428 e. The number of halogens is 4. The van der Waals surface area contributed by atoms with Gasteiger partial charge in [-0.15, -0.1) is 0 Å². The van der Waals surface area contributed by atoms with Gasteiger partial charge in [-0.05, 0) is 50.5 Å². The first kappa shape index (κ1) is 23.4. The molecule has 0 bridgehead atoms. The van der Waals surface area contributed by atoms with E-state index in [2.05, 4.69) is 25.3 Å². The molecule has 2 amide bonds. The van der Waals surface area contributed by atoms with E-state index in [4.69, 9.17) is 0 Å². The third-order valence-corrected chi connectivity index (χ3v) is 4.75. The molecule has 1 aliphatic carbocycles. The van der Waals surface area contributed by atoms with Crippen molar-refractivity contribution in [3.05, 3.63) is 47.3 Å². The first-order chi connectivity index (χ1) is 14.9. The monoisotopic (exact) mass is 454 g/mol. The number of benzene rings is 1. The Kier molecular flexibility index (Phi) is 6.38. The molecule has 1 aromatic heterocycles. The summed E-state index contributed by atoms with van der Waals surface area (Å²) < 4.78 is 56.6. The number of nitrogens with one attached hydrogen (secondary N) is 2. The third-order valence-electron chi connectivity index (χ3n) is 4.75. The van der Waals surface area contributed by atoms with Gasteiger partial charge in [0.2, 0.25) is 11.9 Å². The molecule has 1 aliphatic rings. The van der Waals surface area contributed by atoms with E-state index in [1.165, 1.54) is 18.2 Å². The highest BCUT2D eigenvalue weighted by molar-refractivity contribution is 5.95. The van der Waals surface area contributed by atoms with Gasteiger partial charge in [0.05, 0.1) is 6.04 Å². The maximum Gasteiger partial charge on any atom is 0.463 e. The summed E-state index contributed by atoms with van der Waals surface area (Å²) in [7, 11) is 0. The molecule has 0 radical (unpaired) electrons. The van der Waals surface area contributed by atoms with Crippen LogP contribution in [0.1, 0.15) is 54.5 Å². The molecule has 1 aromatic carbocycles. The summed E-state index contributed by atoms with van der Waals surface area (Å²) in [6, 6.07) is 5.85. The molecule has 0 saturated heterocycles. The second kappa shape index (κ2) is 8.71. The molecule has 172 valence electrons. The Morgan fingerprint density at radius 3 is 2.31 bits per heavy atom. The Hall–Kier alpha value is -3.24. The standard InChI is InChI=1S/C21H22F4N4O3/c1-11-10-16(28-19(26-11)29-17(30)14-4-5-14)18(31)27-12(2)13-6-8-15(9-7-13)32-21(24,25)20(3,22)23/h6-10,12,14H,4-5H2,1-3H3,(H,27,31)(H,26,28,29,30). The van der Waals surface area contributed by atoms with Crippen LogP contribution in [0.4, 0.5) is 23.5 Å². The molecular formula is C21H22F4N4O3. The number of aromatic nitrogens is 2. The van der Waals surface area contributed by atoms with Gasteiger partial charge in [0.15, 0.2) is 0 Å². The molecule has 32 heavy (non-hydrogen) atoms. The maximum atomic E-state index is 13.4. The largest absolute Gasteiger partial charge is 0.463 e. The number of anilines is 1. The van der Waals surface area contributed by atoms with Gasteiger partial charge < -0.3 is 10.1 Å². The van der Waals surface area contributed by atoms with E-state index in [9.17, 15) is 27.2 Å². The predicted molar refractivity (Wildman–Crippen MR) is 107 cm³/mol. The molecule has 1 heterocycles. The Balaban J connectivity index is 1.65. The lowest BCUT2D eigenvalue weighted by atomic mass is 10.1. The number of carbonyl (C=O) groups is 2. The normalized spacial score (nSPS) is 15.1. The van der Waals surface area contributed by atoms with E-state index < -0.39 is 29.7 Å². The highest BCUT2D eigenvalue weighted by Crippen LogP contribution is 2.36. The topological polar surface area (TPSA) is 93.2 Å². The van der Waals surface area contributed by atoms with Gasteiger partial charge in [-0.2, -0.15) is 17.6 Å². The maximum absolute atomic E-state index is 13.4. The highest BCUT2D eigenvalue weighted by atomic mass is 19.3. The zero-order chi connectivity index (χ0) is 23.7. The van der Waals surface area contributed by atoms with Crippen LogP contribution in [0.15, 0.2) is 30.3 Å². The molecule has 1 fully saturated rings. The minimum atomic E-state index is -4.66. The van der Waals surface area contributed by atoms with Gasteiger partial charge in [-0.3, -0.25) is 14.9 Å². The van der Waals surface area contributed by atoms with Crippen LogP contribution in [0.3, 0.4) is 0 Å². The van der Waals surface area contributed by atoms with E-state index in [1.54, 1.807) is 13.8 Å². The number of rotatable bonds is 8. The van der Waals surface area contributed by atoms with Gasteiger partial charge in [0, 0.05) is 18.5 Å². The van der Waals surface area contributed by atoms with E-state index in [0.29, 0.717) is 11.3 Å². The summed E-state index contributed by atoms with van der Waals surface area (Å²) in [5.74, 6) is -5.53. The summed E-state index contributed by atoms with van der Waals surface area (Å²) >= 11 is 0. The van der Waals surface area contributed by atoms with Crippen molar-refractivity contribution in [1.29, 1.82) is 0 Å². The van der Waals surface area contributed by atoms with Crippen molar-refractivity contribution >= 4 is 17.8 Å². The first-order valence-corrected chi connectivity index (χ1v) is 9.88. The fourth-order valence-electron chi connectivity index (χ4n) is 2.71. The van der Waals surface area contributed by atoms with E-state index >= 15 is 0 Å². The summed E-state index contributed by atoms with van der Waals surface area (Å²) in [4.78, 5) is 32.7. The van der Waals surface area contributed by atoms with E-state index in [1.807, 2.05) is 0 Å². The SMILES string of the molecule is Cc1cc(C(=O)NC(C)c2ccc(OC(F)(F)C(C)(F)F)cc2)nc(NC(=O)C2CC2)n1. The summed E-state index contributed by atoms with van der Waals surface area (Å²) in [5, 5.41) is 5.29. The number of nitrogens with zero attached hydrogens (tertiary/aromatic N) is 2. The first-order valence-electron chi connectivity index (χ1n) is 9.88. The van der Waals surface area contributed by atoms with E-state index in [-0.39, 0.29) is 30.4 Å². The van der Waals surface area contributed by atoms with E-state index in [0.717, 1.165) is 25.0 Å². The highest BCUT2D eigenvalue weighted by Gasteiger charge is 2.55. The van der Waals surface area contributed by atoms with Crippen LogP contribution < -0.4 is 15.4 Å². The summed E-state index contributed by atoms with van der Waals surface area (Å²) in [5.41, 5.74) is 1.05. The number of amides is 2. The molecular weight excluding hydrogens is 432 g/mol. The quantitative estimate of drug-likeness (QED) is 0.582. The zero-order valence-electron chi connectivity index (χ0n) is 17.6. The van der Waals surface area contributed by atoms with Crippen molar-refractivity contribution in [2.24, 2.45) is 5.92 Å². The van der Waals surface area contributed by atoms with Crippen molar-refractivity contribution in [1.82, 2.24) is 15.3 Å². The molecule has 11 heteroatoms. The lowest BCUT2D eigenvalue weighted by molar-refractivity contribution is -0.301. The Labute approximate surface area is 181 Å². The second-order valence-electron chi connectivity index (χ2n) is 7.75. The Morgan fingerprint density at radius 1 is 1.12 bits per heavy atom. The summed E-state index contributed by atoms with van der Waals surface area (Å²) in [6.07, 6.45) is -3.04. The van der Waals surface area contributed by atoms with Crippen LogP contribution in [0.5, 0.6) is 5.75 Å². The average Bonchev–Trinajstić information content (AvgIpc) is 3.52. The zero-order valence-corrected chi connectivity index (χ0v) is 17.6. The number of ether oxygens (including phenoxy) is 1. The van der Waals surface area contributed by atoms with Crippen molar-refractivity contribution < 1.29 is 31.9 Å². The van der Waals surface area contributed by atoms with Gasteiger partial charge in [0.1, 0.15) is 11.4 Å². The Morgan fingerprint density at radius 2 is 1.75 bits per heavy atom. The molecule has 0 spiro atoms. The van der Waals surface area contributed by atoms with Crippen LogP contribution in [0.25, 0.3) is 0 Å². The van der Waals surface area contributed by atoms with Gasteiger partial charge in [0.25, 0.3) is 5.91 Å². The molecule has 1 unspecified atom stereocenters. The molecule has 2 N–H and O–H groups in total. The van der Waals surface area contributed by atoms with Gasteiger partial charge in [-0.25, -0.2) is 9.97 Å². The second-order valence-corrected chi connectivity index (χ2v) is 7.75. The number of alkyl halides is 4. The molecule has 1 saturated carbocycles. The minimum absolute atomic E-state index is 0.0369. The number of hydrogen-bond acceptors (Lipinski definition) is 5. The molecule has 1 atom stereocenters. The van der Waals surface area contributed by atoms with Crippen LogP contribution in [0.2, 0.25) is 0 Å². The lowest BCUT2D eigenvalue weighted by Gasteiger charge is -2.23. The fraction of sp³-hybridized carbons (Fsp3) is 0.429. The van der Waals surface area contributed by atoms with Crippen molar-refractivity contribution in [3.8, 4) is 5.75 Å². The third kappa shape index (κ3) is 5.71.